The zero-order valence-corrected chi connectivity index (χ0v) is 14.8. The van der Waals surface area contributed by atoms with Gasteiger partial charge in [-0.1, -0.05) is 0 Å². The summed E-state index contributed by atoms with van der Waals surface area (Å²) >= 11 is 0. The van der Waals surface area contributed by atoms with Crippen molar-refractivity contribution in [1.82, 2.24) is 10.6 Å². The zero-order chi connectivity index (χ0) is 15.9. The van der Waals surface area contributed by atoms with Crippen molar-refractivity contribution in [2.75, 3.05) is 0 Å². The predicted octanol–water partition coefficient (Wildman–Crippen LogP) is 4.08. The molecular formula is C21H32N2O. The summed E-state index contributed by atoms with van der Waals surface area (Å²) in [5, 5.41) is 7.02. The van der Waals surface area contributed by atoms with Gasteiger partial charge in [-0.05, 0) is 112 Å². The lowest BCUT2D eigenvalue weighted by Crippen LogP contribution is -2.64. The quantitative estimate of drug-likeness (QED) is 0.788. The van der Waals surface area contributed by atoms with Gasteiger partial charge in [0.25, 0.3) is 0 Å². The van der Waals surface area contributed by atoms with Gasteiger partial charge in [-0.25, -0.2) is 4.79 Å². The van der Waals surface area contributed by atoms with Crippen LogP contribution in [0.5, 0.6) is 0 Å². The predicted molar refractivity (Wildman–Crippen MR) is 93.4 cm³/mol. The van der Waals surface area contributed by atoms with E-state index in [1.54, 1.807) is 0 Å². The van der Waals surface area contributed by atoms with Crippen molar-refractivity contribution in [1.29, 1.82) is 0 Å². The van der Waals surface area contributed by atoms with E-state index in [2.05, 4.69) is 10.6 Å². The average Bonchev–Trinajstić information content (AvgIpc) is 2.48. The maximum Gasteiger partial charge on any atom is 0.315 e. The summed E-state index contributed by atoms with van der Waals surface area (Å²) < 4.78 is 0. The van der Waals surface area contributed by atoms with Gasteiger partial charge >= 0.3 is 6.03 Å². The summed E-state index contributed by atoms with van der Waals surface area (Å²) in [7, 11) is 0. The molecule has 0 aromatic heterocycles. The van der Waals surface area contributed by atoms with E-state index in [-0.39, 0.29) is 11.6 Å². The topological polar surface area (TPSA) is 41.1 Å². The first kappa shape index (κ1) is 14.4. The summed E-state index contributed by atoms with van der Waals surface area (Å²) in [5.41, 5.74) is 0.157. The molecule has 24 heavy (non-hydrogen) atoms. The van der Waals surface area contributed by atoms with Crippen LogP contribution in [0.3, 0.4) is 0 Å². The van der Waals surface area contributed by atoms with Crippen LogP contribution >= 0.6 is 0 Å². The second-order valence-electron chi connectivity index (χ2n) is 10.8. The van der Waals surface area contributed by atoms with E-state index in [0.717, 1.165) is 41.4 Å². The van der Waals surface area contributed by atoms with Crippen LogP contribution in [0, 0.1) is 41.4 Å². The minimum absolute atomic E-state index is 0.157. The summed E-state index contributed by atoms with van der Waals surface area (Å²) in [6.45, 7) is 0. The molecule has 0 spiro atoms. The largest absolute Gasteiger partial charge is 0.335 e. The lowest BCUT2D eigenvalue weighted by molar-refractivity contribution is -0.0206. The first-order chi connectivity index (χ1) is 11.6. The molecule has 2 amide bonds. The maximum atomic E-state index is 12.9. The molecule has 2 N–H and O–H groups in total. The molecule has 0 heterocycles. The minimum Gasteiger partial charge on any atom is -0.335 e. The average molecular weight is 329 g/mol. The smallest absolute Gasteiger partial charge is 0.315 e. The Morgan fingerprint density at radius 1 is 0.667 bits per heavy atom. The Labute approximate surface area is 145 Å². The summed E-state index contributed by atoms with van der Waals surface area (Å²) in [5.74, 6) is 6.23. The lowest BCUT2D eigenvalue weighted by atomic mass is 9.53. The third-order valence-corrected chi connectivity index (χ3v) is 8.94. The lowest BCUT2D eigenvalue weighted by Gasteiger charge is -2.57. The number of urea groups is 1. The Bertz CT molecular complexity index is 493. The normalized spacial score (nSPS) is 56.5. The van der Waals surface area contributed by atoms with E-state index in [1.807, 2.05) is 0 Å². The van der Waals surface area contributed by atoms with E-state index >= 15 is 0 Å². The fourth-order valence-corrected chi connectivity index (χ4v) is 8.85. The highest BCUT2D eigenvalue weighted by molar-refractivity contribution is 5.75. The standard InChI is InChI=1S/C21H32N2O/c24-20(22-19-17-5-12-1-13(7-17)8-18(19)6-12)23-21-9-14-2-15(10-21)4-16(3-14)11-21/h12-19H,1-11H2,(H2,22,23,24). The van der Waals surface area contributed by atoms with Crippen molar-refractivity contribution in [3.05, 3.63) is 0 Å². The summed E-state index contributed by atoms with van der Waals surface area (Å²) in [6.07, 6.45) is 15.1. The Kier molecular flexibility index (Phi) is 2.96. The summed E-state index contributed by atoms with van der Waals surface area (Å²) in [4.78, 5) is 12.9. The third-order valence-electron chi connectivity index (χ3n) is 8.94. The molecule has 8 saturated carbocycles. The van der Waals surface area contributed by atoms with Crippen molar-refractivity contribution in [2.45, 2.75) is 82.2 Å². The fourth-order valence-electron chi connectivity index (χ4n) is 8.85. The molecule has 8 aliphatic carbocycles. The molecule has 0 saturated heterocycles. The molecule has 3 nitrogen and oxygen atoms in total. The van der Waals surface area contributed by atoms with E-state index < -0.39 is 0 Å². The van der Waals surface area contributed by atoms with Crippen molar-refractivity contribution in [3.8, 4) is 0 Å². The zero-order valence-electron chi connectivity index (χ0n) is 14.8. The number of carbonyl (C=O) groups excluding carboxylic acids is 1. The number of nitrogens with one attached hydrogen (secondary N) is 2. The molecule has 8 rings (SSSR count). The van der Waals surface area contributed by atoms with Crippen molar-refractivity contribution < 1.29 is 4.79 Å². The number of hydrogen-bond acceptors (Lipinski definition) is 1. The van der Waals surface area contributed by atoms with Gasteiger partial charge in [-0.15, -0.1) is 0 Å². The van der Waals surface area contributed by atoms with Gasteiger partial charge in [0.2, 0.25) is 0 Å². The van der Waals surface area contributed by atoms with Crippen LogP contribution in [0.4, 0.5) is 4.79 Å². The second-order valence-corrected chi connectivity index (χ2v) is 10.8. The Hall–Kier alpha value is -0.730. The van der Waals surface area contributed by atoms with Gasteiger partial charge in [0.1, 0.15) is 0 Å². The number of carbonyl (C=O) groups is 1. The van der Waals surface area contributed by atoms with E-state index in [1.165, 1.54) is 70.6 Å². The van der Waals surface area contributed by atoms with Crippen LogP contribution in [-0.2, 0) is 0 Å². The van der Waals surface area contributed by atoms with Crippen LogP contribution in [0.2, 0.25) is 0 Å². The summed E-state index contributed by atoms with van der Waals surface area (Å²) in [6, 6.07) is 0.654. The monoisotopic (exact) mass is 328 g/mol. The van der Waals surface area contributed by atoms with Crippen LogP contribution in [0.15, 0.2) is 0 Å². The number of amides is 2. The molecule has 3 heteroatoms. The minimum atomic E-state index is 0.157. The van der Waals surface area contributed by atoms with E-state index in [4.69, 9.17) is 0 Å². The van der Waals surface area contributed by atoms with Gasteiger partial charge in [0.05, 0.1) is 0 Å². The van der Waals surface area contributed by atoms with Gasteiger partial charge < -0.3 is 10.6 Å². The van der Waals surface area contributed by atoms with E-state index in [0.29, 0.717) is 6.04 Å². The molecular weight excluding hydrogens is 296 g/mol. The molecule has 0 atom stereocenters. The first-order valence-corrected chi connectivity index (χ1v) is 10.7. The Balaban J connectivity index is 1.14. The Morgan fingerprint density at radius 2 is 1.12 bits per heavy atom. The van der Waals surface area contributed by atoms with Crippen LogP contribution in [0.1, 0.15) is 70.6 Å². The van der Waals surface area contributed by atoms with Gasteiger partial charge in [-0.2, -0.15) is 0 Å². The highest BCUT2D eigenvalue weighted by Gasteiger charge is 2.52. The van der Waals surface area contributed by atoms with Crippen LogP contribution in [0.25, 0.3) is 0 Å². The number of rotatable bonds is 2. The first-order valence-electron chi connectivity index (χ1n) is 10.7. The highest BCUT2D eigenvalue weighted by atomic mass is 16.2. The molecule has 0 aliphatic heterocycles. The molecule has 0 unspecified atom stereocenters. The van der Waals surface area contributed by atoms with Crippen LogP contribution in [-0.4, -0.2) is 17.6 Å². The SMILES string of the molecule is O=C(NC1C2CC3CC(C2)CC1C3)NC12CC3CC(CC(C3)C1)C2. The molecule has 132 valence electrons. The van der Waals surface area contributed by atoms with Gasteiger partial charge in [0, 0.05) is 11.6 Å². The molecule has 8 fully saturated rings. The fraction of sp³-hybridized carbons (Fsp3) is 0.952. The van der Waals surface area contributed by atoms with Gasteiger partial charge in [-0.3, -0.25) is 0 Å². The molecule has 8 aliphatic rings. The third kappa shape index (κ3) is 2.18. The van der Waals surface area contributed by atoms with Crippen molar-refractivity contribution in [2.24, 2.45) is 41.4 Å². The Morgan fingerprint density at radius 3 is 1.62 bits per heavy atom. The molecule has 8 bridgehead atoms. The van der Waals surface area contributed by atoms with Crippen molar-refractivity contribution >= 4 is 6.03 Å². The van der Waals surface area contributed by atoms with E-state index in [9.17, 15) is 4.79 Å². The van der Waals surface area contributed by atoms with Crippen molar-refractivity contribution in [3.63, 3.8) is 0 Å². The highest BCUT2D eigenvalue weighted by Crippen LogP contribution is 2.56. The maximum absolute atomic E-state index is 12.9. The number of hydrogen-bond donors (Lipinski definition) is 2. The van der Waals surface area contributed by atoms with Gasteiger partial charge in [0.15, 0.2) is 0 Å². The second kappa shape index (κ2) is 4.92. The molecule has 0 radical (unpaired) electrons. The van der Waals surface area contributed by atoms with Crippen LogP contribution < -0.4 is 10.6 Å². The molecule has 0 aromatic carbocycles. The molecule has 0 aromatic rings.